The standard InChI is InChI=1S/C20H21N3O6/c1-20(2,3)14-6-4-5-7-16(14)27-11-19(24)22-21-10-13-8-17-18(29-12-28-17)9-15(13)23(25)26/h4-10H,11-12H2,1-3H3,(H,22,24)/b21-10+. The first kappa shape index (κ1) is 20.1. The second-order valence-electron chi connectivity index (χ2n) is 7.35. The predicted octanol–water partition coefficient (Wildman–Crippen LogP) is 3.15. The van der Waals surface area contributed by atoms with Crippen LogP contribution in [0.5, 0.6) is 17.2 Å². The van der Waals surface area contributed by atoms with Gasteiger partial charge in [-0.25, -0.2) is 5.43 Å². The molecule has 9 heteroatoms. The van der Waals surface area contributed by atoms with Gasteiger partial charge in [-0.05, 0) is 23.1 Å². The maximum atomic E-state index is 12.0. The molecule has 2 aromatic rings. The first-order valence-corrected chi connectivity index (χ1v) is 8.88. The van der Waals surface area contributed by atoms with E-state index in [1.165, 1.54) is 18.3 Å². The molecule has 0 unspecified atom stereocenters. The summed E-state index contributed by atoms with van der Waals surface area (Å²) in [5, 5.41) is 15.0. The van der Waals surface area contributed by atoms with Gasteiger partial charge in [-0.1, -0.05) is 39.0 Å². The quantitative estimate of drug-likeness (QED) is 0.454. The molecule has 1 aliphatic heterocycles. The number of nitrogens with one attached hydrogen (secondary N) is 1. The van der Waals surface area contributed by atoms with Gasteiger partial charge < -0.3 is 14.2 Å². The van der Waals surface area contributed by atoms with Gasteiger partial charge in [0.2, 0.25) is 6.79 Å². The molecule has 1 heterocycles. The van der Waals surface area contributed by atoms with Crippen LogP contribution in [0.15, 0.2) is 41.5 Å². The molecular formula is C20H21N3O6. The van der Waals surface area contributed by atoms with E-state index in [9.17, 15) is 14.9 Å². The van der Waals surface area contributed by atoms with Crippen molar-refractivity contribution in [2.45, 2.75) is 26.2 Å². The van der Waals surface area contributed by atoms with Crippen molar-refractivity contribution in [2.24, 2.45) is 5.10 Å². The van der Waals surface area contributed by atoms with Crippen molar-refractivity contribution in [1.82, 2.24) is 5.43 Å². The van der Waals surface area contributed by atoms with E-state index in [1.54, 1.807) is 6.07 Å². The number of nitro groups is 1. The highest BCUT2D eigenvalue weighted by molar-refractivity contribution is 5.88. The molecule has 0 spiro atoms. The Balaban J connectivity index is 1.64. The highest BCUT2D eigenvalue weighted by Crippen LogP contribution is 2.37. The van der Waals surface area contributed by atoms with Gasteiger partial charge in [0.1, 0.15) is 5.75 Å². The van der Waals surface area contributed by atoms with Crippen LogP contribution in [0.3, 0.4) is 0 Å². The van der Waals surface area contributed by atoms with E-state index >= 15 is 0 Å². The average Bonchev–Trinajstić information content (AvgIpc) is 3.12. The van der Waals surface area contributed by atoms with E-state index in [2.05, 4.69) is 31.3 Å². The molecule has 152 valence electrons. The molecule has 1 aliphatic rings. The molecule has 0 saturated heterocycles. The van der Waals surface area contributed by atoms with Crippen LogP contribution >= 0.6 is 0 Å². The summed E-state index contributed by atoms with van der Waals surface area (Å²) >= 11 is 0. The van der Waals surface area contributed by atoms with E-state index in [1.807, 2.05) is 18.2 Å². The van der Waals surface area contributed by atoms with Crippen molar-refractivity contribution >= 4 is 17.8 Å². The summed E-state index contributed by atoms with van der Waals surface area (Å²) in [5.41, 5.74) is 3.12. The Bertz CT molecular complexity index is 965. The minimum atomic E-state index is -0.558. The SMILES string of the molecule is CC(C)(C)c1ccccc1OCC(=O)N/N=C/c1cc2c(cc1[N+](=O)[O-])OCO2. The third-order valence-corrected chi connectivity index (χ3v) is 4.17. The number of benzene rings is 2. The van der Waals surface area contributed by atoms with Crippen LogP contribution < -0.4 is 19.6 Å². The van der Waals surface area contributed by atoms with Gasteiger partial charge in [-0.2, -0.15) is 5.10 Å². The van der Waals surface area contributed by atoms with Gasteiger partial charge in [-0.15, -0.1) is 0 Å². The Hall–Kier alpha value is -3.62. The molecule has 0 atom stereocenters. The van der Waals surface area contributed by atoms with Crippen LogP contribution in [-0.2, 0) is 10.2 Å². The number of hydrogen-bond donors (Lipinski definition) is 1. The van der Waals surface area contributed by atoms with E-state index in [0.717, 1.165) is 5.56 Å². The normalized spacial score (nSPS) is 12.8. The Morgan fingerprint density at radius 3 is 2.66 bits per heavy atom. The fraction of sp³-hybridized carbons (Fsp3) is 0.300. The number of hydrazone groups is 1. The number of amides is 1. The largest absolute Gasteiger partial charge is 0.483 e. The number of ether oxygens (including phenoxy) is 3. The zero-order valence-corrected chi connectivity index (χ0v) is 16.3. The molecule has 1 amide bonds. The van der Waals surface area contributed by atoms with E-state index < -0.39 is 10.8 Å². The monoisotopic (exact) mass is 399 g/mol. The van der Waals surface area contributed by atoms with Crippen LogP contribution in [0.25, 0.3) is 0 Å². The second-order valence-corrected chi connectivity index (χ2v) is 7.35. The summed E-state index contributed by atoms with van der Waals surface area (Å²) in [4.78, 5) is 22.7. The van der Waals surface area contributed by atoms with Crippen molar-refractivity contribution in [1.29, 1.82) is 0 Å². The summed E-state index contributed by atoms with van der Waals surface area (Å²) < 4.78 is 16.0. The maximum absolute atomic E-state index is 12.0. The summed E-state index contributed by atoms with van der Waals surface area (Å²) in [6.45, 7) is 5.92. The molecule has 0 aliphatic carbocycles. The fourth-order valence-electron chi connectivity index (χ4n) is 2.77. The zero-order valence-electron chi connectivity index (χ0n) is 16.3. The number of nitrogens with zero attached hydrogens (tertiary/aromatic N) is 2. The molecule has 9 nitrogen and oxygen atoms in total. The Morgan fingerprint density at radius 1 is 1.28 bits per heavy atom. The second kappa shape index (κ2) is 8.17. The first-order chi connectivity index (χ1) is 13.8. The molecule has 0 saturated carbocycles. The van der Waals surface area contributed by atoms with Crippen LogP contribution in [0.1, 0.15) is 31.9 Å². The lowest BCUT2D eigenvalue weighted by molar-refractivity contribution is -0.385. The highest BCUT2D eigenvalue weighted by atomic mass is 16.7. The molecule has 0 radical (unpaired) electrons. The number of carbonyl (C=O) groups is 1. The van der Waals surface area contributed by atoms with Gasteiger partial charge in [0.05, 0.1) is 22.8 Å². The first-order valence-electron chi connectivity index (χ1n) is 8.88. The van der Waals surface area contributed by atoms with Crippen LogP contribution in [0.2, 0.25) is 0 Å². The smallest absolute Gasteiger partial charge is 0.282 e. The summed E-state index contributed by atoms with van der Waals surface area (Å²) in [6, 6.07) is 10.2. The van der Waals surface area contributed by atoms with E-state index in [-0.39, 0.29) is 30.1 Å². The summed E-state index contributed by atoms with van der Waals surface area (Å²) in [6.07, 6.45) is 1.18. The minimum absolute atomic E-state index is 0.00278. The van der Waals surface area contributed by atoms with Crippen molar-refractivity contribution < 1.29 is 23.9 Å². The van der Waals surface area contributed by atoms with E-state index in [4.69, 9.17) is 14.2 Å². The molecule has 3 rings (SSSR count). The fourth-order valence-corrected chi connectivity index (χ4v) is 2.77. The number of nitro benzene ring substituents is 1. The van der Waals surface area contributed by atoms with Gasteiger partial charge in [0.25, 0.3) is 11.6 Å². The van der Waals surface area contributed by atoms with Crippen LogP contribution in [0, 0.1) is 10.1 Å². The number of rotatable bonds is 6. The van der Waals surface area contributed by atoms with Gasteiger partial charge >= 0.3 is 0 Å². The lowest BCUT2D eigenvalue weighted by atomic mass is 9.86. The zero-order chi connectivity index (χ0) is 21.0. The predicted molar refractivity (Wildman–Crippen MR) is 106 cm³/mol. The third-order valence-electron chi connectivity index (χ3n) is 4.17. The Kier molecular flexibility index (Phi) is 5.67. The van der Waals surface area contributed by atoms with Crippen molar-refractivity contribution in [3.05, 3.63) is 57.6 Å². The van der Waals surface area contributed by atoms with Crippen molar-refractivity contribution in [2.75, 3.05) is 13.4 Å². The maximum Gasteiger partial charge on any atom is 0.282 e. The molecule has 1 N–H and O–H groups in total. The molecule has 2 aromatic carbocycles. The van der Waals surface area contributed by atoms with Gasteiger partial charge in [0, 0.05) is 0 Å². The van der Waals surface area contributed by atoms with Crippen molar-refractivity contribution in [3.8, 4) is 17.2 Å². The number of carbonyl (C=O) groups excluding carboxylic acids is 1. The molecule has 0 fully saturated rings. The van der Waals surface area contributed by atoms with E-state index in [0.29, 0.717) is 17.2 Å². The third kappa shape index (κ3) is 4.81. The van der Waals surface area contributed by atoms with Crippen LogP contribution in [0.4, 0.5) is 5.69 Å². The summed E-state index contributed by atoms with van der Waals surface area (Å²) in [7, 11) is 0. The average molecular weight is 399 g/mol. The number of para-hydroxylation sites is 1. The number of fused-ring (bicyclic) bond motifs is 1. The number of hydrogen-bond acceptors (Lipinski definition) is 7. The topological polar surface area (TPSA) is 112 Å². The van der Waals surface area contributed by atoms with Gasteiger partial charge in [0.15, 0.2) is 18.1 Å². The summed E-state index contributed by atoms with van der Waals surface area (Å²) in [5.74, 6) is 0.799. The van der Waals surface area contributed by atoms with Crippen LogP contribution in [-0.4, -0.2) is 30.4 Å². The molecular weight excluding hydrogens is 378 g/mol. The highest BCUT2D eigenvalue weighted by Gasteiger charge is 2.22. The molecule has 29 heavy (non-hydrogen) atoms. The molecule has 0 aromatic heterocycles. The Morgan fingerprint density at radius 2 is 1.97 bits per heavy atom. The minimum Gasteiger partial charge on any atom is -0.483 e. The van der Waals surface area contributed by atoms with Gasteiger partial charge in [-0.3, -0.25) is 14.9 Å². The molecule has 0 bridgehead atoms. The van der Waals surface area contributed by atoms with Crippen molar-refractivity contribution in [3.63, 3.8) is 0 Å². The lowest BCUT2D eigenvalue weighted by Gasteiger charge is -2.22. The lowest BCUT2D eigenvalue weighted by Crippen LogP contribution is -2.25. The Labute approximate surface area is 167 Å².